The largest absolute Gasteiger partial charge is 0.481 e. The lowest BCUT2D eigenvalue weighted by atomic mass is 9.81. The quantitative estimate of drug-likeness (QED) is 0.753. The van der Waals surface area contributed by atoms with Gasteiger partial charge in [-0.2, -0.15) is 0 Å². The molecule has 2 rings (SSSR count). The van der Waals surface area contributed by atoms with Gasteiger partial charge in [-0.1, -0.05) is 23.2 Å². The van der Waals surface area contributed by atoms with Crippen molar-refractivity contribution in [2.24, 2.45) is 11.8 Å². The van der Waals surface area contributed by atoms with E-state index in [-0.39, 0.29) is 24.3 Å². The maximum Gasteiger partial charge on any atom is 0.306 e. The van der Waals surface area contributed by atoms with E-state index >= 15 is 0 Å². The van der Waals surface area contributed by atoms with Gasteiger partial charge in [-0.25, -0.2) is 0 Å². The van der Waals surface area contributed by atoms with Crippen molar-refractivity contribution in [3.63, 3.8) is 0 Å². The fraction of sp³-hybridized carbons (Fsp3) is 0.500. The first-order valence-electron chi connectivity index (χ1n) is 7.51. The average molecular weight is 360 g/mol. The molecule has 0 heterocycles. The predicted octanol–water partition coefficient (Wildman–Crippen LogP) is 3.03. The van der Waals surface area contributed by atoms with E-state index in [0.717, 1.165) is 0 Å². The van der Waals surface area contributed by atoms with Crippen LogP contribution in [0.15, 0.2) is 18.2 Å². The smallest absolute Gasteiger partial charge is 0.306 e. The van der Waals surface area contributed by atoms with E-state index < -0.39 is 12.1 Å². The van der Waals surface area contributed by atoms with E-state index in [9.17, 15) is 14.7 Å². The maximum absolute atomic E-state index is 12.1. The standard InChI is InChI=1S/C16H19Cl2NO4/c17-12-5-11(6-13(18)7-12)14(20)8-19-15(21)9-1-3-10(4-2-9)16(22)23/h5-7,9-10,14,20H,1-4,8H2,(H,19,21)(H,22,23). The summed E-state index contributed by atoms with van der Waals surface area (Å²) in [5.41, 5.74) is 0.539. The van der Waals surface area contributed by atoms with Gasteiger partial charge in [0.15, 0.2) is 0 Å². The van der Waals surface area contributed by atoms with Gasteiger partial charge in [0.05, 0.1) is 12.0 Å². The number of carbonyl (C=O) groups excluding carboxylic acids is 1. The number of amides is 1. The second kappa shape index (κ2) is 7.99. The van der Waals surface area contributed by atoms with Gasteiger partial charge in [0.2, 0.25) is 5.91 Å². The SMILES string of the molecule is O=C(O)C1CCC(C(=O)NCC(O)c2cc(Cl)cc(Cl)c2)CC1. The van der Waals surface area contributed by atoms with Crippen molar-refractivity contribution < 1.29 is 19.8 Å². The molecule has 23 heavy (non-hydrogen) atoms. The highest BCUT2D eigenvalue weighted by Gasteiger charge is 2.29. The van der Waals surface area contributed by atoms with E-state index in [1.165, 1.54) is 0 Å². The van der Waals surface area contributed by atoms with Crippen LogP contribution in [0, 0.1) is 11.8 Å². The third-order valence-corrected chi connectivity index (χ3v) is 4.62. The van der Waals surface area contributed by atoms with Crippen molar-refractivity contribution >= 4 is 35.1 Å². The molecule has 1 amide bonds. The molecule has 1 aromatic rings. The average Bonchev–Trinajstić information content (AvgIpc) is 2.51. The Morgan fingerprint density at radius 3 is 2.13 bits per heavy atom. The lowest BCUT2D eigenvalue weighted by Crippen LogP contribution is -2.36. The van der Waals surface area contributed by atoms with Crippen molar-refractivity contribution in [1.29, 1.82) is 0 Å². The molecule has 1 fully saturated rings. The number of aliphatic hydroxyl groups excluding tert-OH is 1. The van der Waals surface area contributed by atoms with Crippen LogP contribution in [0.25, 0.3) is 0 Å². The van der Waals surface area contributed by atoms with Crippen molar-refractivity contribution in [3.05, 3.63) is 33.8 Å². The summed E-state index contributed by atoms with van der Waals surface area (Å²) in [5.74, 6) is -1.49. The monoisotopic (exact) mass is 359 g/mol. The van der Waals surface area contributed by atoms with Crippen molar-refractivity contribution in [3.8, 4) is 0 Å². The van der Waals surface area contributed by atoms with Gasteiger partial charge in [0.25, 0.3) is 0 Å². The Morgan fingerprint density at radius 1 is 1.09 bits per heavy atom. The Hall–Kier alpha value is -1.30. The van der Waals surface area contributed by atoms with Crippen molar-refractivity contribution in [2.75, 3.05) is 6.54 Å². The number of nitrogens with one attached hydrogen (secondary N) is 1. The molecule has 1 aromatic carbocycles. The summed E-state index contributed by atoms with van der Waals surface area (Å²) in [6.07, 6.45) is 1.24. The zero-order valence-electron chi connectivity index (χ0n) is 12.5. The summed E-state index contributed by atoms with van der Waals surface area (Å²) < 4.78 is 0. The number of aliphatic hydroxyl groups is 1. The van der Waals surface area contributed by atoms with Gasteiger partial charge in [0, 0.05) is 22.5 Å². The Balaban J connectivity index is 1.83. The molecule has 5 nitrogen and oxygen atoms in total. The number of hydrogen-bond donors (Lipinski definition) is 3. The molecule has 0 saturated heterocycles. The highest BCUT2D eigenvalue weighted by Crippen LogP contribution is 2.29. The summed E-state index contributed by atoms with van der Waals surface area (Å²) >= 11 is 11.8. The van der Waals surface area contributed by atoms with Gasteiger partial charge in [-0.3, -0.25) is 9.59 Å². The third-order valence-electron chi connectivity index (χ3n) is 4.19. The number of carboxylic acids is 1. The number of carboxylic acid groups (broad SMARTS) is 1. The molecular weight excluding hydrogens is 341 g/mol. The lowest BCUT2D eigenvalue weighted by Gasteiger charge is -2.25. The number of aliphatic carboxylic acids is 1. The third kappa shape index (κ3) is 5.09. The van der Waals surface area contributed by atoms with Crippen LogP contribution in [0.1, 0.15) is 37.4 Å². The molecule has 1 saturated carbocycles. The Labute approximate surface area is 144 Å². The first-order chi connectivity index (χ1) is 10.9. The molecule has 0 bridgehead atoms. The van der Waals surface area contributed by atoms with Crippen LogP contribution in [0.4, 0.5) is 0 Å². The highest BCUT2D eigenvalue weighted by molar-refractivity contribution is 6.34. The molecule has 0 spiro atoms. The minimum absolute atomic E-state index is 0.0639. The molecule has 3 N–H and O–H groups in total. The molecule has 0 radical (unpaired) electrons. The van der Waals surface area contributed by atoms with E-state index in [0.29, 0.717) is 41.3 Å². The van der Waals surface area contributed by atoms with Gasteiger partial charge in [-0.05, 0) is 49.4 Å². The van der Waals surface area contributed by atoms with Crippen LogP contribution in [0.2, 0.25) is 10.0 Å². The Kier molecular flexibility index (Phi) is 6.27. The highest BCUT2D eigenvalue weighted by atomic mass is 35.5. The molecule has 0 aliphatic heterocycles. The van der Waals surface area contributed by atoms with Gasteiger partial charge in [0.1, 0.15) is 0 Å². The van der Waals surface area contributed by atoms with E-state index in [4.69, 9.17) is 28.3 Å². The summed E-state index contributed by atoms with van der Waals surface area (Å²) in [6.45, 7) is 0.0639. The van der Waals surface area contributed by atoms with E-state index in [1.807, 2.05) is 0 Å². The first kappa shape index (κ1) is 18.0. The van der Waals surface area contributed by atoms with Crippen LogP contribution in [0.5, 0.6) is 0 Å². The summed E-state index contributed by atoms with van der Waals surface area (Å²) in [6, 6.07) is 4.77. The molecule has 1 aliphatic carbocycles. The summed E-state index contributed by atoms with van der Waals surface area (Å²) in [7, 11) is 0. The molecule has 1 atom stereocenters. The second-order valence-corrected chi connectivity index (χ2v) is 6.72. The zero-order valence-corrected chi connectivity index (χ0v) is 14.0. The molecule has 7 heteroatoms. The van der Waals surface area contributed by atoms with Crippen LogP contribution in [0.3, 0.4) is 0 Å². The molecule has 1 unspecified atom stereocenters. The number of hydrogen-bond acceptors (Lipinski definition) is 3. The van der Waals surface area contributed by atoms with Crippen LogP contribution in [-0.4, -0.2) is 28.6 Å². The van der Waals surface area contributed by atoms with Crippen molar-refractivity contribution in [2.45, 2.75) is 31.8 Å². The number of halogens is 2. The van der Waals surface area contributed by atoms with Gasteiger partial charge in [-0.15, -0.1) is 0 Å². The Morgan fingerprint density at radius 2 is 1.61 bits per heavy atom. The topological polar surface area (TPSA) is 86.6 Å². The predicted molar refractivity (Wildman–Crippen MR) is 87.5 cm³/mol. The lowest BCUT2D eigenvalue weighted by molar-refractivity contribution is -0.144. The minimum atomic E-state index is -0.898. The van der Waals surface area contributed by atoms with Crippen LogP contribution in [-0.2, 0) is 9.59 Å². The van der Waals surface area contributed by atoms with Crippen LogP contribution < -0.4 is 5.32 Å². The number of rotatable bonds is 5. The Bertz CT molecular complexity index is 565. The maximum atomic E-state index is 12.1. The van der Waals surface area contributed by atoms with Gasteiger partial charge < -0.3 is 15.5 Å². The van der Waals surface area contributed by atoms with Crippen molar-refractivity contribution in [1.82, 2.24) is 5.32 Å². The summed E-state index contributed by atoms with van der Waals surface area (Å²) in [4.78, 5) is 23.0. The second-order valence-electron chi connectivity index (χ2n) is 5.85. The summed E-state index contributed by atoms with van der Waals surface area (Å²) in [5, 5.41) is 22.6. The normalized spacial score (nSPS) is 22.4. The van der Waals surface area contributed by atoms with E-state index in [1.54, 1.807) is 18.2 Å². The fourth-order valence-corrected chi connectivity index (χ4v) is 3.37. The number of carbonyl (C=O) groups is 2. The molecular formula is C16H19Cl2NO4. The molecule has 126 valence electrons. The first-order valence-corrected chi connectivity index (χ1v) is 8.27. The fourth-order valence-electron chi connectivity index (χ4n) is 2.83. The minimum Gasteiger partial charge on any atom is -0.481 e. The molecule has 1 aliphatic rings. The zero-order chi connectivity index (χ0) is 17.0. The number of benzene rings is 1. The van der Waals surface area contributed by atoms with Crippen LogP contribution >= 0.6 is 23.2 Å². The van der Waals surface area contributed by atoms with Gasteiger partial charge >= 0.3 is 5.97 Å². The van der Waals surface area contributed by atoms with E-state index in [2.05, 4.69) is 5.32 Å². The molecule has 0 aromatic heterocycles.